The summed E-state index contributed by atoms with van der Waals surface area (Å²) >= 11 is 0. The minimum absolute atomic E-state index is 0.0715. The molecular formula is C18H21F4N3O. The Bertz CT molecular complexity index is 742. The minimum Gasteiger partial charge on any atom is -0.362 e. The first-order valence-electron chi connectivity index (χ1n) is 8.92. The van der Waals surface area contributed by atoms with Gasteiger partial charge in [0, 0.05) is 27.7 Å². The predicted octanol–water partition coefficient (Wildman–Crippen LogP) is 4.60. The Kier molecular flexibility index (Phi) is 3.66. The number of nitrogens with one attached hydrogen (secondary N) is 1. The van der Waals surface area contributed by atoms with Crippen molar-refractivity contribution in [3.8, 4) is 0 Å². The Morgan fingerprint density at radius 3 is 2.50 bits per heavy atom. The van der Waals surface area contributed by atoms with Crippen LogP contribution in [-0.2, 0) is 4.79 Å². The number of fused-ring (bicyclic) bond motifs is 3. The molecule has 0 radical (unpaired) electrons. The van der Waals surface area contributed by atoms with Crippen LogP contribution in [0.5, 0.6) is 0 Å². The monoisotopic (exact) mass is 371 g/mol. The van der Waals surface area contributed by atoms with E-state index in [0.29, 0.717) is 23.3 Å². The summed E-state index contributed by atoms with van der Waals surface area (Å²) in [6.07, 6.45) is -4.30. The number of Topliss-reactive ketones (excluding diaryl/α,β-unsaturated/α-hetero) is 1. The van der Waals surface area contributed by atoms with Crippen molar-refractivity contribution in [1.82, 2.24) is 5.32 Å². The summed E-state index contributed by atoms with van der Waals surface area (Å²) in [5, 5.41) is 11.2. The Morgan fingerprint density at radius 1 is 1.23 bits per heavy atom. The maximum absolute atomic E-state index is 14.8. The molecule has 0 aromatic carbocycles. The highest BCUT2D eigenvalue weighted by atomic mass is 19.4. The average molecular weight is 371 g/mol. The second-order valence-electron chi connectivity index (χ2n) is 8.51. The van der Waals surface area contributed by atoms with Gasteiger partial charge in [-0.15, -0.1) is 0 Å². The van der Waals surface area contributed by atoms with Gasteiger partial charge in [0.2, 0.25) is 0 Å². The highest BCUT2D eigenvalue weighted by molar-refractivity contribution is 6.03. The second-order valence-corrected chi connectivity index (χ2v) is 8.51. The average Bonchev–Trinajstić information content (AvgIpc) is 3.01. The fourth-order valence-corrected chi connectivity index (χ4v) is 4.98. The zero-order chi connectivity index (χ0) is 18.9. The number of rotatable bonds is 0. The summed E-state index contributed by atoms with van der Waals surface area (Å²) in [4.78, 5) is 12.9. The van der Waals surface area contributed by atoms with Crippen LogP contribution in [0.1, 0.15) is 46.0 Å². The molecule has 0 saturated heterocycles. The summed E-state index contributed by atoms with van der Waals surface area (Å²) in [5.74, 6) is -1.97. The van der Waals surface area contributed by atoms with E-state index in [1.165, 1.54) is 6.20 Å². The molecule has 1 spiro atoms. The van der Waals surface area contributed by atoms with Crippen molar-refractivity contribution in [3.05, 3.63) is 23.0 Å². The zero-order valence-electron chi connectivity index (χ0n) is 14.7. The fraction of sp³-hybridized carbons (Fsp3) is 0.722. The quantitative estimate of drug-likeness (QED) is 0.633. The summed E-state index contributed by atoms with van der Waals surface area (Å²) in [5.41, 5.74) is -0.0715. The number of hydrogen-bond acceptors (Lipinski definition) is 4. The van der Waals surface area contributed by atoms with Gasteiger partial charge in [-0.25, -0.2) is 4.39 Å². The molecule has 142 valence electrons. The second kappa shape index (κ2) is 5.39. The van der Waals surface area contributed by atoms with Crippen LogP contribution in [0.25, 0.3) is 0 Å². The van der Waals surface area contributed by atoms with Gasteiger partial charge in [-0.05, 0) is 32.1 Å². The lowest BCUT2D eigenvalue weighted by Crippen LogP contribution is -2.54. The molecule has 26 heavy (non-hydrogen) atoms. The standard InChI is InChI=1S/C18H21F4N3O/c1-16(2)7-11-12(13(26)14(16)19)17(10-8-23-25-15(10)24-11)5-3-9(4-6-17)18(20,21)22/h8-9,14-15,24H,3-7H2,1-2H3/t9?,14-,15?,17?/m0/s1. The van der Waals surface area contributed by atoms with Gasteiger partial charge in [0.25, 0.3) is 0 Å². The molecule has 1 fully saturated rings. The summed E-state index contributed by atoms with van der Waals surface area (Å²) in [6.45, 7) is 3.38. The zero-order valence-corrected chi connectivity index (χ0v) is 14.7. The van der Waals surface area contributed by atoms with E-state index < -0.39 is 41.0 Å². The number of ketones is 1. The van der Waals surface area contributed by atoms with Crippen LogP contribution < -0.4 is 5.32 Å². The Labute approximate surface area is 148 Å². The van der Waals surface area contributed by atoms with Crippen LogP contribution in [-0.4, -0.2) is 24.3 Å². The van der Waals surface area contributed by atoms with Crippen LogP contribution in [0.4, 0.5) is 17.6 Å². The van der Waals surface area contributed by atoms with Gasteiger partial charge in [-0.1, -0.05) is 13.8 Å². The number of azo groups is 1. The lowest BCUT2D eigenvalue weighted by Gasteiger charge is -2.51. The summed E-state index contributed by atoms with van der Waals surface area (Å²) in [7, 11) is 0. The molecule has 1 N–H and O–H groups in total. The first-order valence-corrected chi connectivity index (χ1v) is 8.92. The van der Waals surface area contributed by atoms with Crippen LogP contribution in [0, 0.1) is 16.7 Å². The molecule has 2 aliphatic carbocycles. The molecule has 2 aliphatic heterocycles. The van der Waals surface area contributed by atoms with Crippen molar-refractivity contribution < 1.29 is 22.4 Å². The van der Waals surface area contributed by atoms with Crippen LogP contribution in [0.3, 0.4) is 0 Å². The number of alkyl halides is 4. The molecule has 4 aliphatic rings. The molecule has 0 aromatic heterocycles. The molecule has 1 saturated carbocycles. The van der Waals surface area contributed by atoms with E-state index in [9.17, 15) is 22.4 Å². The first-order chi connectivity index (χ1) is 12.1. The van der Waals surface area contributed by atoms with E-state index in [2.05, 4.69) is 15.5 Å². The van der Waals surface area contributed by atoms with E-state index in [1.807, 2.05) is 0 Å². The highest BCUT2D eigenvalue weighted by Crippen LogP contribution is 2.59. The van der Waals surface area contributed by atoms with Gasteiger partial charge < -0.3 is 5.32 Å². The summed E-state index contributed by atoms with van der Waals surface area (Å²) in [6, 6.07) is 0. The third kappa shape index (κ3) is 2.36. The largest absolute Gasteiger partial charge is 0.391 e. The van der Waals surface area contributed by atoms with Crippen molar-refractivity contribution in [2.45, 2.75) is 64.5 Å². The fourth-order valence-electron chi connectivity index (χ4n) is 4.98. The predicted molar refractivity (Wildman–Crippen MR) is 85.6 cm³/mol. The van der Waals surface area contributed by atoms with Crippen molar-refractivity contribution in [1.29, 1.82) is 0 Å². The summed E-state index contributed by atoms with van der Waals surface area (Å²) < 4.78 is 54.2. The van der Waals surface area contributed by atoms with E-state index in [0.717, 1.165) is 0 Å². The molecule has 4 rings (SSSR count). The van der Waals surface area contributed by atoms with Crippen LogP contribution >= 0.6 is 0 Å². The highest BCUT2D eigenvalue weighted by Gasteiger charge is 2.58. The SMILES string of the molecule is CC1(C)CC2=C(C(=O)[C@@H]1F)C1(CCC(C(F)(F)F)CC1)C1=CN=NC1N2. The number of nitrogens with zero attached hydrogens (tertiary/aromatic N) is 2. The van der Waals surface area contributed by atoms with Gasteiger partial charge in [0.1, 0.15) is 0 Å². The lowest BCUT2D eigenvalue weighted by molar-refractivity contribution is -0.185. The van der Waals surface area contributed by atoms with E-state index in [-0.39, 0.29) is 25.7 Å². The molecule has 2 atom stereocenters. The maximum atomic E-state index is 14.8. The van der Waals surface area contributed by atoms with Gasteiger partial charge in [0.05, 0.1) is 12.1 Å². The third-order valence-corrected chi connectivity index (χ3v) is 6.41. The first kappa shape index (κ1) is 17.7. The number of halogens is 4. The lowest BCUT2D eigenvalue weighted by atomic mass is 9.56. The molecular weight excluding hydrogens is 350 g/mol. The van der Waals surface area contributed by atoms with Crippen molar-refractivity contribution >= 4 is 5.78 Å². The van der Waals surface area contributed by atoms with Crippen LogP contribution in [0.15, 0.2) is 33.3 Å². The van der Waals surface area contributed by atoms with Crippen LogP contribution in [0.2, 0.25) is 0 Å². The number of carbonyl (C=O) groups is 1. The van der Waals surface area contributed by atoms with Gasteiger partial charge in [-0.2, -0.15) is 23.4 Å². The molecule has 8 heteroatoms. The third-order valence-electron chi connectivity index (χ3n) is 6.41. The number of carbonyl (C=O) groups excluding carboxylic acids is 1. The number of allylic oxidation sites excluding steroid dienone is 2. The van der Waals surface area contributed by atoms with Crippen molar-refractivity contribution in [3.63, 3.8) is 0 Å². The van der Waals surface area contributed by atoms with E-state index in [4.69, 9.17) is 0 Å². The topological polar surface area (TPSA) is 53.8 Å². The normalized spacial score (nSPS) is 38.8. The smallest absolute Gasteiger partial charge is 0.362 e. The molecule has 1 unspecified atom stereocenters. The van der Waals surface area contributed by atoms with Crippen molar-refractivity contribution in [2.75, 3.05) is 0 Å². The van der Waals surface area contributed by atoms with Crippen molar-refractivity contribution in [2.24, 2.45) is 27.0 Å². The molecule has 0 bridgehead atoms. The van der Waals surface area contributed by atoms with E-state index >= 15 is 0 Å². The van der Waals surface area contributed by atoms with Gasteiger partial charge >= 0.3 is 6.18 Å². The van der Waals surface area contributed by atoms with E-state index in [1.54, 1.807) is 13.8 Å². The molecule has 0 amide bonds. The minimum atomic E-state index is -4.24. The molecule has 0 aromatic rings. The Balaban J connectivity index is 1.78. The Morgan fingerprint density at radius 2 is 1.88 bits per heavy atom. The maximum Gasteiger partial charge on any atom is 0.391 e. The molecule has 2 heterocycles. The van der Waals surface area contributed by atoms with Gasteiger partial charge in [-0.3, -0.25) is 4.79 Å². The van der Waals surface area contributed by atoms with Gasteiger partial charge in [0.15, 0.2) is 18.1 Å². The number of hydrogen-bond donors (Lipinski definition) is 1. The molecule has 4 nitrogen and oxygen atoms in total. The Hall–Kier alpha value is -1.73.